The van der Waals surface area contributed by atoms with Gasteiger partial charge in [0, 0.05) is 18.8 Å². The third kappa shape index (κ3) is 2.58. The Bertz CT molecular complexity index is 289. The lowest BCUT2D eigenvalue weighted by Crippen LogP contribution is -2.28. The van der Waals surface area contributed by atoms with Crippen molar-refractivity contribution in [1.29, 1.82) is 0 Å². The molecule has 0 saturated carbocycles. The quantitative estimate of drug-likeness (QED) is 0.793. The van der Waals surface area contributed by atoms with Crippen molar-refractivity contribution in [1.82, 2.24) is 9.78 Å². The summed E-state index contributed by atoms with van der Waals surface area (Å²) in [5.74, 6) is 0.560. The van der Waals surface area contributed by atoms with Gasteiger partial charge in [0.25, 0.3) is 0 Å². The second-order valence-corrected chi connectivity index (χ2v) is 4.13. The fourth-order valence-electron chi connectivity index (χ4n) is 1.83. The summed E-state index contributed by atoms with van der Waals surface area (Å²) in [5, 5.41) is 4.33. The maximum absolute atomic E-state index is 5.92. The minimum Gasteiger partial charge on any atom is -0.328 e. The molecule has 0 bridgehead atoms. The Labute approximate surface area is 86.3 Å². The van der Waals surface area contributed by atoms with E-state index in [-0.39, 0.29) is 6.04 Å². The van der Waals surface area contributed by atoms with Crippen molar-refractivity contribution in [3.63, 3.8) is 0 Å². The molecule has 2 atom stereocenters. The van der Waals surface area contributed by atoms with Crippen LogP contribution in [0.5, 0.6) is 0 Å². The van der Waals surface area contributed by atoms with Crippen molar-refractivity contribution in [3.8, 4) is 0 Å². The predicted molar refractivity (Wildman–Crippen MR) is 59.1 cm³/mol. The summed E-state index contributed by atoms with van der Waals surface area (Å²) in [6.07, 6.45) is 2.16. The molecule has 14 heavy (non-hydrogen) atoms. The van der Waals surface area contributed by atoms with E-state index in [0.29, 0.717) is 5.92 Å². The maximum atomic E-state index is 5.92. The Kier molecular flexibility index (Phi) is 3.69. The van der Waals surface area contributed by atoms with Gasteiger partial charge in [0.1, 0.15) is 0 Å². The van der Waals surface area contributed by atoms with Crippen molar-refractivity contribution < 1.29 is 0 Å². The number of rotatable bonds is 4. The molecule has 2 N–H and O–H groups in total. The van der Waals surface area contributed by atoms with Gasteiger partial charge in [-0.1, -0.05) is 13.3 Å². The van der Waals surface area contributed by atoms with Crippen LogP contribution in [0.15, 0.2) is 6.07 Å². The molecule has 0 saturated heterocycles. The Hall–Kier alpha value is -0.830. The molecule has 0 spiro atoms. The summed E-state index contributed by atoms with van der Waals surface area (Å²) in [5.41, 5.74) is 8.29. The number of hydrogen-bond donors (Lipinski definition) is 1. The Balaban J connectivity index is 2.71. The summed E-state index contributed by atoms with van der Waals surface area (Å²) >= 11 is 0. The minimum absolute atomic E-state index is 0.259. The van der Waals surface area contributed by atoms with E-state index in [1.807, 2.05) is 18.7 Å². The number of nitrogens with zero attached hydrogens (tertiary/aromatic N) is 2. The van der Waals surface area contributed by atoms with E-state index in [4.69, 9.17) is 5.73 Å². The van der Waals surface area contributed by atoms with Crippen LogP contribution < -0.4 is 5.73 Å². The summed E-state index contributed by atoms with van der Waals surface area (Å²) in [4.78, 5) is 0. The first-order valence-electron chi connectivity index (χ1n) is 5.29. The van der Waals surface area contributed by atoms with Gasteiger partial charge in [-0.15, -0.1) is 0 Å². The minimum atomic E-state index is 0.259. The molecule has 0 aromatic carbocycles. The van der Waals surface area contributed by atoms with E-state index in [0.717, 1.165) is 18.5 Å². The van der Waals surface area contributed by atoms with Gasteiger partial charge in [-0.2, -0.15) is 5.10 Å². The lowest BCUT2D eigenvalue weighted by molar-refractivity contribution is 0.417. The summed E-state index contributed by atoms with van der Waals surface area (Å²) in [6.45, 7) is 6.30. The maximum Gasteiger partial charge on any atom is 0.0596 e. The predicted octanol–water partition coefficient (Wildman–Crippen LogP) is 1.64. The third-order valence-corrected chi connectivity index (χ3v) is 2.84. The summed E-state index contributed by atoms with van der Waals surface area (Å²) < 4.78 is 1.96. The molecule has 0 fully saturated rings. The lowest BCUT2D eigenvalue weighted by Gasteiger charge is -2.18. The van der Waals surface area contributed by atoms with Crippen molar-refractivity contribution in [2.45, 2.75) is 39.7 Å². The van der Waals surface area contributed by atoms with Gasteiger partial charge in [-0.05, 0) is 32.3 Å². The molecule has 1 aromatic rings. The Morgan fingerprint density at radius 3 is 2.57 bits per heavy atom. The third-order valence-electron chi connectivity index (χ3n) is 2.84. The molecule has 0 aliphatic rings. The van der Waals surface area contributed by atoms with Crippen LogP contribution in [0.25, 0.3) is 0 Å². The highest BCUT2D eigenvalue weighted by atomic mass is 15.3. The van der Waals surface area contributed by atoms with Gasteiger partial charge in [-0.25, -0.2) is 0 Å². The summed E-state index contributed by atoms with van der Waals surface area (Å²) in [7, 11) is 2.00. The highest BCUT2D eigenvalue weighted by Gasteiger charge is 2.14. The fraction of sp³-hybridized carbons (Fsp3) is 0.727. The standard InChI is InChI=1S/C11H21N3/c1-5-10(9(3)12)7-11-6-8(2)13-14(11)4/h6,9-10H,5,7,12H2,1-4H3. The largest absolute Gasteiger partial charge is 0.328 e. The van der Waals surface area contributed by atoms with Crippen LogP contribution in [0, 0.1) is 12.8 Å². The topological polar surface area (TPSA) is 43.8 Å². The van der Waals surface area contributed by atoms with Gasteiger partial charge in [-0.3, -0.25) is 4.68 Å². The molecule has 0 aliphatic heterocycles. The highest BCUT2D eigenvalue weighted by Crippen LogP contribution is 2.15. The second-order valence-electron chi connectivity index (χ2n) is 4.13. The molecule has 1 heterocycles. The van der Waals surface area contributed by atoms with E-state index >= 15 is 0 Å². The zero-order chi connectivity index (χ0) is 10.7. The zero-order valence-corrected chi connectivity index (χ0v) is 9.62. The van der Waals surface area contributed by atoms with Crippen LogP contribution >= 0.6 is 0 Å². The molecule has 1 aromatic heterocycles. The van der Waals surface area contributed by atoms with Crippen LogP contribution in [-0.4, -0.2) is 15.8 Å². The van der Waals surface area contributed by atoms with Crippen LogP contribution in [0.3, 0.4) is 0 Å². The number of nitrogens with two attached hydrogens (primary N) is 1. The first-order valence-corrected chi connectivity index (χ1v) is 5.29. The zero-order valence-electron chi connectivity index (χ0n) is 9.62. The molecule has 3 nitrogen and oxygen atoms in total. The van der Waals surface area contributed by atoms with E-state index in [9.17, 15) is 0 Å². The number of aromatic nitrogens is 2. The van der Waals surface area contributed by atoms with Gasteiger partial charge in [0.15, 0.2) is 0 Å². The van der Waals surface area contributed by atoms with Crippen LogP contribution in [0.1, 0.15) is 31.7 Å². The van der Waals surface area contributed by atoms with Gasteiger partial charge < -0.3 is 5.73 Å². The molecule has 80 valence electrons. The second kappa shape index (κ2) is 4.60. The molecule has 3 heteroatoms. The molecular formula is C11H21N3. The van der Waals surface area contributed by atoms with Crippen molar-refractivity contribution in [3.05, 3.63) is 17.5 Å². The van der Waals surface area contributed by atoms with Crippen molar-refractivity contribution >= 4 is 0 Å². The number of aryl methyl sites for hydroxylation is 2. The average molecular weight is 195 g/mol. The monoisotopic (exact) mass is 195 g/mol. The van der Waals surface area contributed by atoms with Crippen molar-refractivity contribution in [2.75, 3.05) is 0 Å². The van der Waals surface area contributed by atoms with E-state index in [2.05, 4.69) is 25.0 Å². The molecule has 1 rings (SSSR count). The van der Waals surface area contributed by atoms with E-state index < -0.39 is 0 Å². The molecule has 0 aliphatic carbocycles. The Morgan fingerprint density at radius 2 is 2.21 bits per heavy atom. The van der Waals surface area contributed by atoms with Gasteiger partial charge in [0.05, 0.1) is 5.69 Å². The first kappa shape index (κ1) is 11.2. The lowest BCUT2D eigenvalue weighted by atomic mass is 9.93. The highest BCUT2D eigenvalue weighted by molar-refractivity contribution is 5.09. The fourth-order valence-corrected chi connectivity index (χ4v) is 1.83. The molecule has 0 amide bonds. The molecule has 0 radical (unpaired) electrons. The smallest absolute Gasteiger partial charge is 0.0596 e. The van der Waals surface area contributed by atoms with Crippen molar-refractivity contribution in [2.24, 2.45) is 18.7 Å². The molecular weight excluding hydrogens is 174 g/mol. The normalized spacial score (nSPS) is 15.5. The average Bonchev–Trinajstić information content (AvgIpc) is 2.40. The van der Waals surface area contributed by atoms with E-state index in [1.54, 1.807) is 0 Å². The Morgan fingerprint density at radius 1 is 1.57 bits per heavy atom. The molecule has 2 unspecified atom stereocenters. The van der Waals surface area contributed by atoms with Gasteiger partial charge in [0.2, 0.25) is 0 Å². The van der Waals surface area contributed by atoms with E-state index in [1.165, 1.54) is 5.69 Å². The SMILES string of the molecule is CCC(Cc1cc(C)nn1C)C(C)N. The van der Waals surface area contributed by atoms with Crippen LogP contribution in [-0.2, 0) is 13.5 Å². The van der Waals surface area contributed by atoms with Gasteiger partial charge >= 0.3 is 0 Å². The van der Waals surface area contributed by atoms with Crippen LogP contribution in [0.4, 0.5) is 0 Å². The number of hydrogen-bond acceptors (Lipinski definition) is 2. The van der Waals surface area contributed by atoms with Crippen LogP contribution in [0.2, 0.25) is 0 Å². The first-order chi connectivity index (χ1) is 6.54. The summed E-state index contributed by atoms with van der Waals surface area (Å²) in [6, 6.07) is 2.40.